The first-order valence-corrected chi connectivity index (χ1v) is 5.20. The number of carbonyl (C=O) groups excluding carboxylic acids is 1. The molecule has 1 amide bonds. The first-order valence-electron chi connectivity index (χ1n) is 5.20. The molecule has 0 unspecified atom stereocenters. The molecule has 1 rings (SSSR count). The predicted octanol–water partition coefficient (Wildman–Crippen LogP) is 1.89. The predicted molar refractivity (Wildman–Crippen MR) is 63.4 cm³/mol. The summed E-state index contributed by atoms with van der Waals surface area (Å²) >= 11 is 0. The van der Waals surface area contributed by atoms with E-state index in [2.05, 4.69) is 5.32 Å². The molecule has 0 aliphatic rings. The third kappa shape index (κ3) is 3.27. The SMILES string of the molecule is CCCNC(=O)c1ccc(N(C)C)cc1. The molecule has 0 heterocycles. The van der Waals surface area contributed by atoms with E-state index in [9.17, 15) is 4.79 Å². The molecular weight excluding hydrogens is 188 g/mol. The fourth-order valence-electron chi connectivity index (χ4n) is 1.25. The van der Waals surface area contributed by atoms with Crippen molar-refractivity contribution in [2.45, 2.75) is 13.3 Å². The molecule has 3 heteroatoms. The van der Waals surface area contributed by atoms with Gasteiger partial charge in [-0.05, 0) is 30.7 Å². The molecule has 0 saturated carbocycles. The maximum atomic E-state index is 11.6. The standard InChI is InChI=1S/C12H18N2O/c1-4-9-13-12(15)10-5-7-11(8-6-10)14(2)3/h5-8H,4,9H2,1-3H3,(H,13,15). The lowest BCUT2D eigenvalue weighted by Crippen LogP contribution is -2.23. The van der Waals surface area contributed by atoms with Crippen LogP contribution in [0.15, 0.2) is 24.3 Å². The van der Waals surface area contributed by atoms with Crippen molar-refractivity contribution in [2.24, 2.45) is 0 Å². The second-order valence-electron chi connectivity index (χ2n) is 3.70. The minimum atomic E-state index is 0.00200. The summed E-state index contributed by atoms with van der Waals surface area (Å²) in [5, 5.41) is 2.84. The molecule has 1 N–H and O–H groups in total. The van der Waals surface area contributed by atoms with Gasteiger partial charge in [0, 0.05) is 31.9 Å². The zero-order chi connectivity index (χ0) is 11.3. The average molecular weight is 206 g/mol. The van der Waals surface area contributed by atoms with Crippen molar-refractivity contribution in [2.75, 3.05) is 25.5 Å². The van der Waals surface area contributed by atoms with Crippen LogP contribution in [0, 0.1) is 0 Å². The molecule has 82 valence electrons. The van der Waals surface area contributed by atoms with Gasteiger partial charge in [0.05, 0.1) is 0 Å². The van der Waals surface area contributed by atoms with Gasteiger partial charge in [-0.1, -0.05) is 6.92 Å². The van der Waals surface area contributed by atoms with E-state index in [0.29, 0.717) is 5.56 Å². The molecule has 0 atom stereocenters. The quantitative estimate of drug-likeness (QED) is 0.816. The second kappa shape index (κ2) is 5.39. The summed E-state index contributed by atoms with van der Waals surface area (Å²) in [4.78, 5) is 13.6. The Kier molecular flexibility index (Phi) is 4.16. The number of amides is 1. The van der Waals surface area contributed by atoms with Crippen molar-refractivity contribution in [1.82, 2.24) is 5.32 Å². The molecule has 15 heavy (non-hydrogen) atoms. The fraction of sp³-hybridized carbons (Fsp3) is 0.417. The highest BCUT2D eigenvalue weighted by Crippen LogP contribution is 2.11. The molecule has 0 spiro atoms. The van der Waals surface area contributed by atoms with Gasteiger partial charge in [0.1, 0.15) is 0 Å². The summed E-state index contributed by atoms with van der Waals surface area (Å²) < 4.78 is 0. The Bertz CT molecular complexity index is 317. The number of benzene rings is 1. The van der Waals surface area contributed by atoms with E-state index >= 15 is 0 Å². The third-order valence-electron chi connectivity index (χ3n) is 2.18. The molecule has 0 aliphatic carbocycles. The van der Waals surface area contributed by atoms with Crippen molar-refractivity contribution < 1.29 is 4.79 Å². The maximum absolute atomic E-state index is 11.6. The van der Waals surface area contributed by atoms with E-state index < -0.39 is 0 Å². The highest BCUT2D eigenvalue weighted by atomic mass is 16.1. The van der Waals surface area contributed by atoms with Crippen molar-refractivity contribution in [1.29, 1.82) is 0 Å². The largest absolute Gasteiger partial charge is 0.378 e. The number of nitrogens with one attached hydrogen (secondary N) is 1. The van der Waals surface area contributed by atoms with E-state index in [1.165, 1.54) is 0 Å². The van der Waals surface area contributed by atoms with Gasteiger partial charge in [-0.3, -0.25) is 4.79 Å². The van der Waals surface area contributed by atoms with Crippen LogP contribution < -0.4 is 10.2 Å². The molecule has 1 aromatic rings. The zero-order valence-electron chi connectivity index (χ0n) is 9.58. The normalized spacial score (nSPS) is 9.80. The Balaban J connectivity index is 2.67. The summed E-state index contributed by atoms with van der Waals surface area (Å²) in [6, 6.07) is 7.59. The molecule has 3 nitrogen and oxygen atoms in total. The van der Waals surface area contributed by atoms with Crippen LogP contribution in [0.4, 0.5) is 5.69 Å². The molecule has 0 radical (unpaired) electrons. The molecule has 0 aliphatic heterocycles. The fourth-order valence-corrected chi connectivity index (χ4v) is 1.25. The van der Waals surface area contributed by atoms with Gasteiger partial charge in [-0.25, -0.2) is 0 Å². The molecule has 0 saturated heterocycles. The number of carbonyl (C=O) groups is 1. The number of hydrogen-bond donors (Lipinski definition) is 1. The number of hydrogen-bond acceptors (Lipinski definition) is 2. The monoisotopic (exact) mass is 206 g/mol. The molecule has 0 fully saturated rings. The number of nitrogens with zero attached hydrogens (tertiary/aromatic N) is 1. The lowest BCUT2D eigenvalue weighted by atomic mass is 10.2. The third-order valence-corrected chi connectivity index (χ3v) is 2.18. The second-order valence-corrected chi connectivity index (χ2v) is 3.70. The first-order chi connectivity index (χ1) is 7.15. The van der Waals surface area contributed by atoms with E-state index in [1.54, 1.807) is 0 Å². The van der Waals surface area contributed by atoms with Crippen molar-refractivity contribution in [3.05, 3.63) is 29.8 Å². The van der Waals surface area contributed by atoms with Crippen LogP contribution in [-0.2, 0) is 0 Å². The smallest absolute Gasteiger partial charge is 0.251 e. The van der Waals surface area contributed by atoms with Gasteiger partial charge in [0.25, 0.3) is 5.91 Å². The van der Waals surface area contributed by atoms with Crippen molar-refractivity contribution in [3.8, 4) is 0 Å². The van der Waals surface area contributed by atoms with Crippen LogP contribution >= 0.6 is 0 Å². The summed E-state index contributed by atoms with van der Waals surface area (Å²) in [6.07, 6.45) is 0.960. The molecule has 1 aromatic carbocycles. The Labute approximate surface area is 91.1 Å². The van der Waals surface area contributed by atoms with Crippen molar-refractivity contribution in [3.63, 3.8) is 0 Å². The Morgan fingerprint density at radius 2 is 1.87 bits per heavy atom. The maximum Gasteiger partial charge on any atom is 0.251 e. The molecule has 0 bridgehead atoms. The Hall–Kier alpha value is -1.51. The minimum Gasteiger partial charge on any atom is -0.378 e. The molecular formula is C12H18N2O. The molecule has 0 aromatic heterocycles. The summed E-state index contributed by atoms with van der Waals surface area (Å²) in [5.74, 6) is 0.00200. The van der Waals surface area contributed by atoms with Gasteiger partial charge in [-0.2, -0.15) is 0 Å². The summed E-state index contributed by atoms with van der Waals surface area (Å²) in [5.41, 5.74) is 1.82. The van der Waals surface area contributed by atoms with Crippen LogP contribution in [0.3, 0.4) is 0 Å². The highest BCUT2D eigenvalue weighted by molar-refractivity contribution is 5.94. The lowest BCUT2D eigenvalue weighted by molar-refractivity contribution is 0.0953. The van der Waals surface area contributed by atoms with E-state index in [1.807, 2.05) is 50.2 Å². The summed E-state index contributed by atoms with van der Waals surface area (Å²) in [6.45, 7) is 2.77. The van der Waals surface area contributed by atoms with E-state index in [-0.39, 0.29) is 5.91 Å². The van der Waals surface area contributed by atoms with Gasteiger partial charge in [0.2, 0.25) is 0 Å². The van der Waals surface area contributed by atoms with Gasteiger partial charge < -0.3 is 10.2 Å². The van der Waals surface area contributed by atoms with Crippen LogP contribution in [0.1, 0.15) is 23.7 Å². The van der Waals surface area contributed by atoms with Crippen LogP contribution in [0.5, 0.6) is 0 Å². The van der Waals surface area contributed by atoms with Crippen molar-refractivity contribution >= 4 is 11.6 Å². The number of anilines is 1. The van der Waals surface area contributed by atoms with E-state index in [0.717, 1.165) is 18.7 Å². The zero-order valence-corrected chi connectivity index (χ0v) is 9.58. The first kappa shape index (κ1) is 11.6. The van der Waals surface area contributed by atoms with Gasteiger partial charge in [0.15, 0.2) is 0 Å². The van der Waals surface area contributed by atoms with E-state index in [4.69, 9.17) is 0 Å². The van der Waals surface area contributed by atoms with Crippen LogP contribution in [-0.4, -0.2) is 26.5 Å². The Morgan fingerprint density at radius 1 is 1.27 bits per heavy atom. The van der Waals surface area contributed by atoms with Gasteiger partial charge in [-0.15, -0.1) is 0 Å². The van der Waals surface area contributed by atoms with Gasteiger partial charge >= 0.3 is 0 Å². The lowest BCUT2D eigenvalue weighted by Gasteiger charge is -2.12. The van der Waals surface area contributed by atoms with Crippen LogP contribution in [0.25, 0.3) is 0 Å². The minimum absolute atomic E-state index is 0.00200. The topological polar surface area (TPSA) is 32.3 Å². The van der Waals surface area contributed by atoms with Crippen LogP contribution in [0.2, 0.25) is 0 Å². The highest BCUT2D eigenvalue weighted by Gasteiger charge is 2.03. The average Bonchev–Trinajstić information content (AvgIpc) is 2.26. The Morgan fingerprint density at radius 3 is 2.33 bits per heavy atom. The summed E-state index contributed by atoms with van der Waals surface area (Å²) in [7, 11) is 3.96. The number of rotatable bonds is 4.